The van der Waals surface area contributed by atoms with E-state index in [4.69, 9.17) is 4.74 Å². The number of rotatable bonds is 11. The van der Waals surface area contributed by atoms with Crippen LogP contribution in [0.15, 0.2) is 78.9 Å². The fourth-order valence-electron chi connectivity index (χ4n) is 5.20. The number of carbonyl (C=O) groups is 2. The molecule has 39 heavy (non-hydrogen) atoms. The Labute approximate surface area is 231 Å². The van der Waals surface area contributed by atoms with E-state index in [0.29, 0.717) is 12.2 Å². The normalized spacial score (nSPS) is 14.6. The van der Waals surface area contributed by atoms with E-state index in [0.717, 1.165) is 42.4 Å². The van der Waals surface area contributed by atoms with Crippen molar-refractivity contribution < 1.29 is 18.7 Å². The largest absolute Gasteiger partial charge is 0.483 e. The molecule has 1 N–H and O–H groups in total. The van der Waals surface area contributed by atoms with E-state index in [-0.39, 0.29) is 42.7 Å². The second kappa shape index (κ2) is 13.9. The monoisotopic (exact) mass is 530 g/mol. The van der Waals surface area contributed by atoms with Crippen LogP contribution >= 0.6 is 0 Å². The molecule has 0 aliphatic heterocycles. The minimum atomic E-state index is -0.740. The van der Waals surface area contributed by atoms with E-state index in [9.17, 15) is 14.0 Å². The third kappa shape index (κ3) is 8.16. The lowest BCUT2D eigenvalue weighted by molar-refractivity contribution is -0.143. The first kappa shape index (κ1) is 28.3. The first-order valence-corrected chi connectivity index (χ1v) is 14.0. The molecule has 0 bridgehead atoms. The lowest BCUT2D eigenvalue weighted by atomic mass is 9.94. The highest BCUT2D eigenvalue weighted by Crippen LogP contribution is 2.26. The maximum Gasteiger partial charge on any atom is 0.261 e. The Morgan fingerprint density at radius 1 is 0.897 bits per heavy atom. The fraction of sp³-hybridized carbons (Fsp3) is 0.394. The van der Waals surface area contributed by atoms with Gasteiger partial charge in [-0.05, 0) is 53.6 Å². The molecule has 0 unspecified atom stereocenters. The van der Waals surface area contributed by atoms with Gasteiger partial charge < -0.3 is 15.0 Å². The van der Waals surface area contributed by atoms with E-state index in [1.165, 1.54) is 18.6 Å². The van der Waals surface area contributed by atoms with Gasteiger partial charge in [-0.2, -0.15) is 0 Å². The first-order chi connectivity index (χ1) is 18.9. The lowest BCUT2D eigenvalue weighted by Crippen LogP contribution is -2.53. The zero-order valence-corrected chi connectivity index (χ0v) is 22.9. The highest BCUT2D eigenvalue weighted by Gasteiger charge is 2.32. The molecule has 1 aliphatic rings. The lowest BCUT2D eigenvalue weighted by Gasteiger charge is -2.33. The summed E-state index contributed by atoms with van der Waals surface area (Å²) in [5, 5.41) is 3.23. The number of nitrogens with one attached hydrogen (secondary N) is 1. The molecule has 3 aromatic carbocycles. The van der Waals surface area contributed by atoms with Crippen LogP contribution in [0.3, 0.4) is 0 Å². The molecule has 3 aromatic rings. The van der Waals surface area contributed by atoms with Crippen molar-refractivity contribution in [1.82, 2.24) is 10.2 Å². The van der Waals surface area contributed by atoms with Crippen LogP contribution < -0.4 is 10.1 Å². The summed E-state index contributed by atoms with van der Waals surface area (Å²) in [5.74, 6) is 0.0927. The molecule has 5 nitrogen and oxygen atoms in total. The van der Waals surface area contributed by atoms with E-state index >= 15 is 0 Å². The molecular formula is C33H39FN2O3. The maximum atomic E-state index is 13.8. The van der Waals surface area contributed by atoms with Crippen LogP contribution in [-0.2, 0) is 22.6 Å². The number of halogens is 1. The van der Waals surface area contributed by atoms with Gasteiger partial charge in [0.1, 0.15) is 17.6 Å². The van der Waals surface area contributed by atoms with Gasteiger partial charge in [0.05, 0.1) is 0 Å². The van der Waals surface area contributed by atoms with Crippen LogP contribution in [0.5, 0.6) is 5.75 Å². The third-order valence-electron chi connectivity index (χ3n) is 7.38. The maximum absolute atomic E-state index is 13.8. The third-order valence-corrected chi connectivity index (χ3v) is 7.38. The number of nitrogens with zero attached hydrogens (tertiary/aromatic N) is 1. The van der Waals surface area contributed by atoms with Gasteiger partial charge in [0.2, 0.25) is 5.91 Å². The van der Waals surface area contributed by atoms with Gasteiger partial charge in [-0.25, -0.2) is 4.39 Å². The average Bonchev–Trinajstić information content (AvgIpc) is 2.95. The Balaban J connectivity index is 1.62. The first-order valence-electron chi connectivity index (χ1n) is 14.0. The molecule has 1 atom stereocenters. The van der Waals surface area contributed by atoms with Gasteiger partial charge in [-0.15, -0.1) is 0 Å². The predicted molar refractivity (Wildman–Crippen MR) is 152 cm³/mol. The fourth-order valence-corrected chi connectivity index (χ4v) is 5.20. The summed E-state index contributed by atoms with van der Waals surface area (Å²) in [5.41, 5.74) is 2.73. The SMILES string of the molecule is CC(C)c1ccccc1OCC(=O)N(Cc1ccc(F)cc1)[C@H](Cc1ccccc1)C(=O)NC1CCCCC1. The molecule has 1 fully saturated rings. The number of benzene rings is 3. The highest BCUT2D eigenvalue weighted by atomic mass is 19.1. The molecule has 0 spiro atoms. The second-order valence-corrected chi connectivity index (χ2v) is 10.7. The van der Waals surface area contributed by atoms with Gasteiger partial charge in [0, 0.05) is 19.0 Å². The summed E-state index contributed by atoms with van der Waals surface area (Å²) in [6.07, 6.45) is 5.64. The summed E-state index contributed by atoms with van der Waals surface area (Å²) in [6.45, 7) is 4.13. The Morgan fingerprint density at radius 3 is 2.26 bits per heavy atom. The van der Waals surface area contributed by atoms with E-state index < -0.39 is 6.04 Å². The molecular weight excluding hydrogens is 491 g/mol. The van der Waals surface area contributed by atoms with Crippen molar-refractivity contribution >= 4 is 11.8 Å². The number of amides is 2. The topological polar surface area (TPSA) is 58.6 Å². The quantitative estimate of drug-likeness (QED) is 0.311. The predicted octanol–water partition coefficient (Wildman–Crippen LogP) is 6.42. The zero-order chi connectivity index (χ0) is 27.6. The smallest absolute Gasteiger partial charge is 0.261 e. The molecule has 1 aliphatic carbocycles. The van der Waals surface area contributed by atoms with Crippen LogP contribution in [0.25, 0.3) is 0 Å². The van der Waals surface area contributed by atoms with Crippen LogP contribution in [0.4, 0.5) is 4.39 Å². The number of carbonyl (C=O) groups excluding carboxylic acids is 2. The van der Waals surface area contributed by atoms with Gasteiger partial charge >= 0.3 is 0 Å². The summed E-state index contributed by atoms with van der Waals surface area (Å²) < 4.78 is 19.7. The van der Waals surface area contributed by atoms with Crippen LogP contribution in [0, 0.1) is 5.82 Å². The standard InChI is InChI=1S/C33H39FN2O3/c1-24(2)29-15-9-10-16-31(29)39-23-32(37)36(22-26-17-19-27(34)20-18-26)30(21-25-11-5-3-6-12-25)33(38)35-28-13-7-4-8-14-28/h3,5-6,9-12,15-20,24,28,30H,4,7-8,13-14,21-23H2,1-2H3,(H,35,38)/t30-/m1/s1. The minimum Gasteiger partial charge on any atom is -0.483 e. The van der Waals surface area contributed by atoms with Crippen molar-refractivity contribution in [3.8, 4) is 5.75 Å². The molecule has 206 valence electrons. The molecule has 4 rings (SSSR count). The highest BCUT2D eigenvalue weighted by molar-refractivity contribution is 5.88. The summed E-state index contributed by atoms with van der Waals surface area (Å²) >= 11 is 0. The minimum absolute atomic E-state index is 0.112. The van der Waals surface area contributed by atoms with Crippen molar-refractivity contribution in [2.75, 3.05) is 6.61 Å². The summed E-state index contributed by atoms with van der Waals surface area (Å²) in [6, 6.07) is 22.9. The van der Waals surface area contributed by atoms with E-state index in [1.54, 1.807) is 17.0 Å². The number of hydrogen-bond donors (Lipinski definition) is 1. The van der Waals surface area contributed by atoms with Crippen molar-refractivity contribution in [3.05, 3.63) is 101 Å². The second-order valence-electron chi connectivity index (χ2n) is 10.7. The Morgan fingerprint density at radius 2 is 1.56 bits per heavy atom. The van der Waals surface area contributed by atoms with Crippen molar-refractivity contribution in [3.63, 3.8) is 0 Å². The van der Waals surface area contributed by atoms with E-state index in [1.807, 2.05) is 54.6 Å². The molecule has 0 heterocycles. The Bertz CT molecular complexity index is 1210. The van der Waals surface area contributed by atoms with Crippen LogP contribution in [-0.4, -0.2) is 35.4 Å². The molecule has 0 saturated heterocycles. The number of para-hydroxylation sites is 1. The van der Waals surface area contributed by atoms with Crippen LogP contribution in [0.2, 0.25) is 0 Å². The summed E-state index contributed by atoms with van der Waals surface area (Å²) in [4.78, 5) is 29.3. The molecule has 6 heteroatoms. The van der Waals surface area contributed by atoms with Crippen molar-refractivity contribution in [1.29, 1.82) is 0 Å². The average molecular weight is 531 g/mol. The van der Waals surface area contributed by atoms with Gasteiger partial charge in [0.15, 0.2) is 6.61 Å². The molecule has 1 saturated carbocycles. The molecule has 2 amide bonds. The Hall–Kier alpha value is -3.67. The van der Waals surface area contributed by atoms with E-state index in [2.05, 4.69) is 19.2 Å². The Kier molecular flexibility index (Phi) is 10.1. The summed E-state index contributed by atoms with van der Waals surface area (Å²) in [7, 11) is 0. The van der Waals surface area contributed by atoms with Crippen molar-refractivity contribution in [2.45, 2.75) is 76.9 Å². The van der Waals surface area contributed by atoms with Gasteiger partial charge in [0.25, 0.3) is 5.91 Å². The van der Waals surface area contributed by atoms with Crippen molar-refractivity contribution in [2.24, 2.45) is 0 Å². The van der Waals surface area contributed by atoms with Crippen LogP contribution in [0.1, 0.15) is 68.6 Å². The number of hydrogen-bond acceptors (Lipinski definition) is 3. The van der Waals surface area contributed by atoms with Gasteiger partial charge in [-0.1, -0.05) is 93.8 Å². The number of ether oxygens (including phenoxy) is 1. The zero-order valence-electron chi connectivity index (χ0n) is 22.9. The molecule has 0 radical (unpaired) electrons. The van der Waals surface area contributed by atoms with Gasteiger partial charge in [-0.3, -0.25) is 9.59 Å². The molecule has 0 aromatic heterocycles.